The first-order valence-corrected chi connectivity index (χ1v) is 9.91. The van der Waals surface area contributed by atoms with E-state index in [1.54, 1.807) is 31.2 Å². The van der Waals surface area contributed by atoms with Crippen LogP contribution in [-0.2, 0) is 19.7 Å². The molecule has 0 radical (unpaired) electrons. The van der Waals surface area contributed by atoms with Gasteiger partial charge in [0.2, 0.25) is 5.91 Å². The van der Waals surface area contributed by atoms with Crippen LogP contribution in [-0.4, -0.2) is 62.7 Å². The summed E-state index contributed by atoms with van der Waals surface area (Å²) in [6.07, 6.45) is 1.23. The van der Waals surface area contributed by atoms with E-state index in [2.05, 4.69) is 5.32 Å². The maximum atomic E-state index is 12.6. The highest BCUT2D eigenvalue weighted by Crippen LogP contribution is 2.22. The number of esters is 1. The molecular formula is C17H25N3O5S. The first kappa shape index (κ1) is 20.3. The Bertz CT molecular complexity index is 763. The fourth-order valence-corrected chi connectivity index (χ4v) is 3.97. The summed E-state index contributed by atoms with van der Waals surface area (Å²) in [5.41, 5.74) is 0.832. The monoisotopic (exact) mass is 383 g/mol. The van der Waals surface area contributed by atoms with Gasteiger partial charge in [-0.1, -0.05) is 6.07 Å². The van der Waals surface area contributed by atoms with Crippen LogP contribution in [0.5, 0.6) is 0 Å². The van der Waals surface area contributed by atoms with E-state index in [0.29, 0.717) is 30.6 Å². The van der Waals surface area contributed by atoms with E-state index in [1.807, 2.05) is 0 Å². The van der Waals surface area contributed by atoms with Gasteiger partial charge in [0, 0.05) is 32.9 Å². The standard InChI is InChI=1S/C17H25N3O5S/c1-4-25-17(22)13-7-5-9-15(11-13)18-16(21)14-8-6-10-20(12-14)26(23,24)19(2)3/h5,7,9,11,14H,4,6,8,10,12H2,1-3H3,(H,18,21)/t14-/m0/s1. The Balaban J connectivity index is 2.06. The van der Waals surface area contributed by atoms with Gasteiger partial charge in [-0.25, -0.2) is 4.79 Å². The van der Waals surface area contributed by atoms with Gasteiger partial charge in [0.15, 0.2) is 0 Å². The summed E-state index contributed by atoms with van der Waals surface area (Å²) in [5.74, 6) is -1.15. The predicted molar refractivity (Wildman–Crippen MR) is 97.9 cm³/mol. The molecule has 1 N–H and O–H groups in total. The molecule has 1 aromatic rings. The van der Waals surface area contributed by atoms with Crippen LogP contribution in [0.2, 0.25) is 0 Å². The van der Waals surface area contributed by atoms with E-state index >= 15 is 0 Å². The molecule has 0 aromatic heterocycles. The predicted octanol–water partition coefficient (Wildman–Crippen LogP) is 1.32. The lowest BCUT2D eigenvalue weighted by atomic mass is 9.98. The van der Waals surface area contributed by atoms with Crippen LogP contribution in [0.4, 0.5) is 5.69 Å². The summed E-state index contributed by atoms with van der Waals surface area (Å²) in [4.78, 5) is 24.3. The van der Waals surface area contributed by atoms with E-state index in [0.717, 1.165) is 4.31 Å². The Labute approximate surface area is 154 Å². The smallest absolute Gasteiger partial charge is 0.338 e. The van der Waals surface area contributed by atoms with Gasteiger partial charge in [0.1, 0.15) is 0 Å². The number of hydrogen-bond donors (Lipinski definition) is 1. The number of hydrogen-bond acceptors (Lipinski definition) is 5. The van der Waals surface area contributed by atoms with E-state index < -0.39 is 22.1 Å². The average Bonchev–Trinajstić information content (AvgIpc) is 2.62. The molecule has 26 heavy (non-hydrogen) atoms. The van der Waals surface area contributed by atoms with Gasteiger partial charge in [0.05, 0.1) is 18.1 Å². The molecule has 8 nitrogen and oxygen atoms in total. The van der Waals surface area contributed by atoms with Crippen molar-refractivity contribution in [2.24, 2.45) is 5.92 Å². The summed E-state index contributed by atoms with van der Waals surface area (Å²) < 4.78 is 32.0. The first-order chi connectivity index (χ1) is 12.3. The third kappa shape index (κ3) is 4.80. The number of anilines is 1. The van der Waals surface area contributed by atoms with Crippen LogP contribution in [0.15, 0.2) is 24.3 Å². The van der Waals surface area contributed by atoms with Crippen LogP contribution >= 0.6 is 0 Å². The maximum Gasteiger partial charge on any atom is 0.338 e. The van der Waals surface area contributed by atoms with Gasteiger partial charge in [-0.3, -0.25) is 4.79 Å². The molecule has 0 unspecified atom stereocenters. The highest BCUT2D eigenvalue weighted by molar-refractivity contribution is 7.86. The van der Waals surface area contributed by atoms with Crippen LogP contribution in [0, 0.1) is 5.92 Å². The highest BCUT2D eigenvalue weighted by atomic mass is 32.2. The third-order valence-corrected chi connectivity index (χ3v) is 6.09. The van der Waals surface area contributed by atoms with Crippen LogP contribution in [0.3, 0.4) is 0 Å². The third-order valence-electron chi connectivity index (χ3n) is 4.18. The van der Waals surface area contributed by atoms with Crippen molar-refractivity contribution in [3.05, 3.63) is 29.8 Å². The van der Waals surface area contributed by atoms with Crippen molar-refractivity contribution in [3.8, 4) is 0 Å². The second-order valence-electron chi connectivity index (χ2n) is 6.28. The van der Waals surface area contributed by atoms with Crippen molar-refractivity contribution < 1.29 is 22.7 Å². The van der Waals surface area contributed by atoms with Gasteiger partial charge in [0.25, 0.3) is 10.2 Å². The molecule has 0 saturated carbocycles. The summed E-state index contributed by atoms with van der Waals surface area (Å²) in [6.45, 7) is 2.54. The number of rotatable bonds is 6. The zero-order valence-electron chi connectivity index (χ0n) is 15.3. The van der Waals surface area contributed by atoms with Crippen molar-refractivity contribution in [2.75, 3.05) is 39.1 Å². The van der Waals surface area contributed by atoms with E-state index in [4.69, 9.17) is 4.74 Å². The lowest BCUT2D eigenvalue weighted by Gasteiger charge is -2.32. The number of carbonyl (C=O) groups is 2. The Kier molecular flexibility index (Phi) is 6.74. The number of carbonyl (C=O) groups excluding carboxylic acids is 2. The topological polar surface area (TPSA) is 96.0 Å². The zero-order valence-corrected chi connectivity index (χ0v) is 16.1. The fourth-order valence-electron chi connectivity index (χ4n) is 2.78. The SMILES string of the molecule is CCOC(=O)c1cccc(NC(=O)[C@H]2CCCN(S(=O)(=O)N(C)C)C2)c1. The van der Waals surface area contributed by atoms with Crippen molar-refractivity contribution in [3.63, 3.8) is 0 Å². The molecular weight excluding hydrogens is 358 g/mol. The quantitative estimate of drug-likeness (QED) is 0.748. The minimum Gasteiger partial charge on any atom is -0.462 e. The van der Waals surface area contributed by atoms with Gasteiger partial charge >= 0.3 is 5.97 Å². The average molecular weight is 383 g/mol. The normalized spacial score (nSPS) is 18.5. The molecule has 1 saturated heterocycles. The Hall–Kier alpha value is -1.97. The van der Waals surface area contributed by atoms with Crippen molar-refractivity contribution >= 4 is 27.8 Å². The van der Waals surface area contributed by atoms with Crippen molar-refractivity contribution in [1.29, 1.82) is 0 Å². The van der Waals surface area contributed by atoms with Crippen molar-refractivity contribution in [1.82, 2.24) is 8.61 Å². The number of nitrogens with zero attached hydrogens (tertiary/aromatic N) is 2. The van der Waals surface area contributed by atoms with E-state index in [-0.39, 0.29) is 19.1 Å². The fraction of sp³-hybridized carbons (Fsp3) is 0.529. The maximum absolute atomic E-state index is 12.6. The van der Waals surface area contributed by atoms with Gasteiger partial charge in [-0.2, -0.15) is 17.0 Å². The number of benzene rings is 1. The molecule has 1 aliphatic heterocycles. The number of nitrogens with one attached hydrogen (secondary N) is 1. The molecule has 1 aromatic carbocycles. The molecule has 2 rings (SSSR count). The number of piperidine rings is 1. The van der Waals surface area contributed by atoms with Gasteiger partial charge in [-0.15, -0.1) is 0 Å². The molecule has 1 fully saturated rings. The van der Waals surface area contributed by atoms with E-state index in [1.165, 1.54) is 18.4 Å². The van der Waals surface area contributed by atoms with Crippen molar-refractivity contribution in [2.45, 2.75) is 19.8 Å². The first-order valence-electron chi connectivity index (χ1n) is 8.51. The number of amides is 1. The molecule has 1 heterocycles. The highest BCUT2D eigenvalue weighted by Gasteiger charge is 2.33. The van der Waals surface area contributed by atoms with E-state index in [9.17, 15) is 18.0 Å². The molecule has 0 spiro atoms. The van der Waals surface area contributed by atoms with Crippen LogP contribution < -0.4 is 5.32 Å². The summed E-state index contributed by atoms with van der Waals surface area (Å²) >= 11 is 0. The molecule has 1 amide bonds. The summed E-state index contributed by atoms with van der Waals surface area (Å²) in [7, 11) is -0.594. The minimum atomic E-state index is -3.54. The summed E-state index contributed by atoms with van der Waals surface area (Å²) in [6, 6.07) is 6.50. The second kappa shape index (κ2) is 8.61. The Morgan fingerprint density at radius 1 is 1.35 bits per heavy atom. The second-order valence-corrected chi connectivity index (χ2v) is 8.42. The molecule has 0 aliphatic carbocycles. The molecule has 9 heteroatoms. The molecule has 1 atom stereocenters. The molecule has 0 bridgehead atoms. The minimum absolute atomic E-state index is 0.143. The van der Waals surface area contributed by atoms with Crippen LogP contribution in [0.25, 0.3) is 0 Å². The van der Waals surface area contributed by atoms with Gasteiger partial charge < -0.3 is 10.1 Å². The molecule has 1 aliphatic rings. The largest absolute Gasteiger partial charge is 0.462 e. The Morgan fingerprint density at radius 2 is 2.08 bits per heavy atom. The lowest BCUT2D eigenvalue weighted by molar-refractivity contribution is -0.120. The number of ether oxygens (including phenoxy) is 1. The zero-order chi connectivity index (χ0) is 19.3. The lowest BCUT2D eigenvalue weighted by Crippen LogP contribution is -2.47. The molecule has 144 valence electrons. The van der Waals surface area contributed by atoms with Gasteiger partial charge in [-0.05, 0) is 38.0 Å². The summed E-state index contributed by atoms with van der Waals surface area (Å²) in [5, 5.41) is 2.77. The van der Waals surface area contributed by atoms with Crippen LogP contribution in [0.1, 0.15) is 30.1 Å². The Morgan fingerprint density at radius 3 is 2.73 bits per heavy atom.